The summed E-state index contributed by atoms with van der Waals surface area (Å²) >= 11 is 6.32. The predicted molar refractivity (Wildman–Crippen MR) is 98.6 cm³/mol. The molecule has 136 valence electrons. The van der Waals surface area contributed by atoms with Gasteiger partial charge in [0.1, 0.15) is 5.82 Å². The minimum atomic E-state index is -0.230. The Morgan fingerprint density at radius 1 is 1.35 bits per heavy atom. The second-order valence-electron chi connectivity index (χ2n) is 6.86. The molecule has 1 aliphatic heterocycles. The van der Waals surface area contributed by atoms with Crippen LogP contribution in [-0.4, -0.2) is 31.2 Å². The van der Waals surface area contributed by atoms with Gasteiger partial charge in [-0.3, -0.25) is 9.58 Å². The molecule has 0 saturated carbocycles. The summed E-state index contributed by atoms with van der Waals surface area (Å²) in [5.74, 6) is -0.230. The number of fused-ring (bicyclic) bond motifs is 1. The van der Waals surface area contributed by atoms with Crippen molar-refractivity contribution in [3.63, 3.8) is 0 Å². The lowest BCUT2D eigenvalue weighted by molar-refractivity contribution is 0.197. The number of halogens is 2. The number of imidazole rings is 1. The van der Waals surface area contributed by atoms with Crippen LogP contribution < -0.4 is 0 Å². The van der Waals surface area contributed by atoms with Gasteiger partial charge in [-0.15, -0.1) is 0 Å². The topological polar surface area (TPSA) is 49.7 Å². The number of nitrogens with zero attached hydrogens (tertiary/aromatic N) is 4. The van der Waals surface area contributed by atoms with Crippen molar-refractivity contribution in [2.75, 3.05) is 6.54 Å². The van der Waals surface area contributed by atoms with E-state index in [0.717, 1.165) is 35.6 Å². The third-order valence-corrected chi connectivity index (χ3v) is 5.69. The van der Waals surface area contributed by atoms with Crippen molar-refractivity contribution in [1.82, 2.24) is 24.6 Å². The zero-order valence-corrected chi connectivity index (χ0v) is 15.8. The highest BCUT2D eigenvalue weighted by Crippen LogP contribution is 2.37. The molecule has 1 atom stereocenters. The fraction of sp³-hybridized carbons (Fsp3) is 0.368. The molecule has 1 N–H and O–H groups in total. The summed E-state index contributed by atoms with van der Waals surface area (Å²) in [5.41, 5.74) is 5.42. The normalized spacial score (nSPS) is 17.5. The number of nitrogens with one attached hydrogen (secondary N) is 1. The summed E-state index contributed by atoms with van der Waals surface area (Å²) in [6.07, 6.45) is 4.45. The fourth-order valence-electron chi connectivity index (χ4n) is 3.69. The molecule has 1 aliphatic rings. The molecule has 0 bridgehead atoms. The van der Waals surface area contributed by atoms with Crippen LogP contribution in [0.3, 0.4) is 0 Å². The lowest BCUT2D eigenvalue weighted by Gasteiger charge is -2.35. The second-order valence-corrected chi connectivity index (χ2v) is 7.26. The van der Waals surface area contributed by atoms with Crippen LogP contribution in [0.2, 0.25) is 5.02 Å². The van der Waals surface area contributed by atoms with E-state index in [1.54, 1.807) is 25.4 Å². The second kappa shape index (κ2) is 6.52. The van der Waals surface area contributed by atoms with Crippen LogP contribution in [0.15, 0.2) is 24.7 Å². The predicted octanol–water partition coefficient (Wildman–Crippen LogP) is 3.70. The first-order valence-electron chi connectivity index (χ1n) is 8.65. The largest absolute Gasteiger partial charge is 0.348 e. The van der Waals surface area contributed by atoms with Gasteiger partial charge >= 0.3 is 0 Å². The quantitative estimate of drug-likeness (QED) is 0.761. The Morgan fingerprint density at radius 3 is 2.88 bits per heavy atom. The molecule has 3 heterocycles. The lowest BCUT2D eigenvalue weighted by atomic mass is 9.95. The number of aromatic nitrogens is 4. The molecule has 0 radical (unpaired) electrons. The zero-order valence-electron chi connectivity index (χ0n) is 15.1. The molecule has 2 aromatic heterocycles. The van der Waals surface area contributed by atoms with E-state index in [1.165, 1.54) is 0 Å². The van der Waals surface area contributed by atoms with Crippen LogP contribution in [0.4, 0.5) is 4.39 Å². The van der Waals surface area contributed by atoms with Gasteiger partial charge in [-0.2, -0.15) is 5.10 Å². The van der Waals surface area contributed by atoms with Gasteiger partial charge in [0.2, 0.25) is 0 Å². The molecule has 7 heteroatoms. The number of rotatable bonds is 3. The van der Waals surface area contributed by atoms with Crippen molar-refractivity contribution in [2.24, 2.45) is 7.05 Å². The van der Waals surface area contributed by atoms with Crippen molar-refractivity contribution in [3.05, 3.63) is 69.3 Å². The number of H-pyrrole nitrogens is 1. The molecule has 4 rings (SSSR count). The van der Waals surface area contributed by atoms with Gasteiger partial charge in [0.05, 0.1) is 24.3 Å². The van der Waals surface area contributed by atoms with Crippen molar-refractivity contribution < 1.29 is 4.39 Å². The maximum absolute atomic E-state index is 14.7. The molecular weight excluding hydrogens is 353 g/mol. The van der Waals surface area contributed by atoms with Crippen LogP contribution in [-0.2, 0) is 20.0 Å². The number of benzene rings is 1. The summed E-state index contributed by atoms with van der Waals surface area (Å²) in [6.45, 7) is 5.02. The van der Waals surface area contributed by atoms with E-state index >= 15 is 0 Å². The smallest absolute Gasteiger partial charge is 0.132 e. The first kappa shape index (κ1) is 17.2. The number of hydrogen-bond donors (Lipinski definition) is 1. The van der Waals surface area contributed by atoms with Gasteiger partial charge in [-0.25, -0.2) is 9.37 Å². The molecule has 5 nitrogen and oxygen atoms in total. The van der Waals surface area contributed by atoms with Crippen molar-refractivity contribution >= 4 is 11.6 Å². The maximum Gasteiger partial charge on any atom is 0.132 e. The molecule has 1 aromatic carbocycles. The zero-order chi connectivity index (χ0) is 18.4. The first-order chi connectivity index (χ1) is 12.5. The van der Waals surface area contributed by atoms with Gasteiger partial charge in [0.25, 0.3) is 0 Å². The summed E-state index contributed by atoms with van der Waals surface area (Å²) in [6, 6.07) is 3.41. The lowest BCUT2D eigenvalue weighted by Crippen LogP contribution is -2.36. The van der Waals surface area contributed by atoms with E-state index in [4.69, 9.17) is 11.6 Å². The van der Waals surface area contributed by atoms with Crippen LogP contribution in [0.5, 0.6) is 0 Å². The van der Waals surface area contributed by atoms with Crippen LogP contribution in [0.1, 0.15) is 39.8 Å². The average Bonchev–Trinajstić information content (AvgIpc) is 3.23. The van der Waals surface area contributed by atoms with Crippen LogP contribution in [0.25, 0.3) is 0 Å². The number of aromatic amines is 1. The van der Waals surface area contributed by atoms with Gasteiger partial charge in [0.15, 0.2) is 0 Å². The van der Waals surface area contributed by atoms with E-state index in [9.17, 15) is 4.39 Å². The van der Waals surface area contributed by atoms with Crippen molar-refractivity contribution in [1.29, 1.82) is 0 Å². The highest BCUT2D eigenvalue weighted by atomic mass is 35.5. The Bertz CT molecular complexity index is 961. The number of hydrogen-bond acceptors (Lipinski definition) is 3. The van der Waals surface area contributed by atoms with Crippen LogP contribution >= 0.6 is 11.6 Å². The Balaban J connectivity index is 1.78. The van der Waals surface area contributed by atoms with Crippen molar-refractivity contribution in [3.8, 4) is 0 Å². The standard InChI is InChI=1S/C19H21ClFN5/c1-11-4-5-15(20)14(17(11)21)9-26-7-6-16-18(23-10-22-16)19(26)13-8-24-25(3)12(13)2/h4-5,8,10,19H,6-7,9H2,1-3H3,(H,22,23). The van der Waals surface area contributed by atoms with Crippen LogP contribution in [0, 0.1) is 19.7 Å². The molecule has 26 heavy (non-hydrogen) atoms. The molecule has 1 unspecified atom stereocenters. The van der Waals surface area contributed by atoms with E-state index in [2.05, 4.69) is 20.0 Å². The maximum atomic E-state index is 14.7. The third-order valence-electron chi connectivity index (χ3n) is 5.33. The monoisotopic (exact) mass is 373 g/mol. The van der Waals surface area contributed by atoms with Gasteiger partial charge < -0.3 is 4.98 Å². The van der Waals surface area contributed by atoms with E-state index in [1.807, 2.05) is 24.9 Å². The molecular formula is C19H21ClFN5. The van der Waals surface area contributed by atoms with E-state index < -0.39 is 0 Å². The summed E-state index contributed by atoms with van der Waals surface area (Å²) in [7, 11) is 1.93. The summed E-state index contributed by atoms with van der Waals surface area (Å²) in [5, 5.41) is 4.85. The summed E-state index contributed by atoms with van der Waals surface area (Å²) in [4.78, 5) is 10.0. The third kappa shape index (κ3) is 2.73. The Hall–Kier alpha value is -2.18. The molecule has 0 amide bonds. The Labute approximate surface area is 156 Å². The highest BCUT2D eigenvalue weighted by Gasteiger charge is 2.34. The Kier molecular flexibility index (Phi) is 4.32. The van der Waals surface area contributed by atoms with Crippen molar-refractivity contribution in [2.45, 2.75) is 32.9 Å². The SMILES string of the molecule is Cc1ccc(Cl)c(CN2CCc3[nH]cnc3C2c2cnn(C)c2C)c1F. The molecule has 0 spiro atoms. The highest BCUT2D eigenvalue weighted by molar-refractivity contribution is 6.31. The van der Waals surface area contributed by atoms with E-state index in [-0.39, 0.29) is 11.9 Å². The average molecular weight is 374 g/mol. The van der Waals surface area contributed by atoms with Gasteiger partial charge in [0, 0.05) is 54.1 Å². The van der Waals surface area contributed by atoms with Gasteiger partial charge in [-0.1, -0.05) is 17.7 Å². The molecule has 0 fully saturated rings. The minimum Gasteiger partial charge on any atom is -0.348 e. The first-order valence-corrected chi connectivity index (χ1v) is 9.03. The van der Waals surface area contributed by atoms with E-state index in [0.29, 0.717) is 22.7 Å². The summed E-state index contributed by atoms with van der Waals surface area (Å²) < 4.78 is 16.6. The minimum absolute atomic E-state index is 0.0744. The Morgan fingerprint density at radius 2 is 2.15 bits per heavy atom. The number of aryl methyl sites for hydroxylation is 2. The molecule has 0 saturated heterocycles. The fourth-order valence-corrected chi connectivity index (χ4v) is 3.89. The molecule has 0 aliphatic carbocycles. The molecule has 3 aromatic rings. The van der Waals surface area contributed by atoms with Gasteiger partial charge in [-0.05, 0) is 25.5 Å².